The molecule has 0 bridgehead atoms. The first-order valence-corrected chi connectivity index (χ1v) is 5.03. The third-order valence-electron chi connectivity index (χ3n) is 2.27. The van der Waals surface area contributed by atoms with Gasteiger partial charge in [0.2, 0.25) is 0 Å². The normalized spacial score (nSPS) is 11.1. The molecule has 0 aliphatic heterocycles. The molecule has 0 aromatic carbocycles. The third kappa shape index (κ3) is 1.50. The van der Waals surface area contributed by atoms with E-state index in [9.17, 15) is 0 Å². The predicted octanol–water partition coefficient (Wildman–Crippen LogP) is 2.30. The summed E-state index contributed by atoms with van der Waals surface area (Å²) in [5, 5.41) is 4.43. The Balaban J connectivity index is 2.58. The first-order chi connectivity index (χ1) is 6.70. The van der Waals surface area contributed by atoms with Crippen LogP contribution in [0.3, 0.4) is 0 Å². The molecule has 0 radical (unpaired) electrons. The fourth-order valence-corrected chi connectivity index (χ4v) is 1.69. The van der Waals surface area contributed by atoms with E-state index in [0.29, 0.717) is 0 Å². The van der Waals surface area contributed by atoms with Crippen LogP contribution in [0.1, 0.15) is 30.3 Å². The van der Waals surface area contributed by atoms with Gasteiger partial charge in [0.1, 0.15) is 0 Å². The van der Waals surface area contributed by atoms with Crippen molar-refractivity contribution in [3.05, 3.63) is 29.2 Å². The SMILES string of the molecule is CCCc1nc2c(C)cc(C)cn2n1. The van der Waals surface area contributed by atoms with Crippen LogP contribution < -0.4 is 0 Å². The van der Waals surface area contributed by atoms with Crippen LogP contribution in [-0.4, -0.2) is 14.6 Å². The van der Waals surface area contributed by atoms with Crippen LogP contribution in [0.5, 0.6) is 0 Å². The highest BCUT2D eigenvalue weighted by molar-refractivity contribution is 5.47. The van der Waals surface area contributed by atoms with Crippen LogP contribution in [0.15, 0.2) is 12.3 Å². The minimum absolute atomic E-state index is 0.946. The highest BCUT2D eigenvalue weighted by Crippen LogP contribution is 2.10. The van der Waals surface area contributed by atoms with Gasteiger partial charge in [0.05, 0.1) is 0 Å². The maximum atomic E-state index is 4.49. The van der Waals surface area contributed by atoms with Crippen molar-refractivity contribution >= 4 is 5.65 Å². The highest BCUT2D eigenvalue weighted by atomic mass is 15.3. The molecule has 0 unspecified atom stereocenters. The summed E-state index contributed by atoms with van der Waals surface area (Å²) in [6.45, 7) is 6.30. The summed E-state index contributed by atoms with van der Waals surface area (Å²) < 4.78 is 1.88. The van der Waals surface area contributed by atoms with Crippen LogP contribution in [-0.2, 0) is 6.42 Å². The number of aryl methyl sites for hydroxylation is 3. The quantitative estimate of drug-likeness (QED) is 0.725. The van der Waals surface area contributed by atoms with Crippen molar-refractivity contribution in [2.24, 2.45) is 0 Å². The van der Waals surface area contributed by atoms with Crippen molar-refractivity contribution in [2.75, 3.05) is 0 Å². The van der Waals surface area contributed by atoms with Crippen molar-refractivity contribution in [2.45, 2.75) is 33.6 Å². The fraction of sp³-hybridized carbons (Fsp3) is 0.455. The van der Waals surface area contributed by atoms with Crippen molar-refractivity contribution in [3.63, 3.8) is 0 Å². The average molecular weight is 189 g/mol. The standard InChI is InChI=1S/C11H15N3/c1-4-5-10-12-11-9(3)6-8(2)7-14(11)13-10/h6-7H,4-5H2,1-3H3. The number of rotatable bonds is 2. The minimum Gasteiger partial charge on any atom is -0.220 e. The lowest BCUT2D eigenvalue weighted by Gasteiger charge is -1.97. The molecule has 74 valence electrons. The van der Waals surface area contributed by atoms with Crippen molar-refractivity contribution < 1.29 is 0 Å². The lowest BCUT2D eigenvalue weighted by molar-refractivity contribution is 0.817. The molecule has 0 amide bonds. The van der Waals surface area contributed by atoms with Crippen LogP contribution in [0.4, 0.5) is 0 Å². The van der Waals surface area contributed by atoms with Crippen LogP contribution in [0, 0.1) is 13.8 Å². The summed E-state index contributed by atoms with van der Waals surface area (Å²) in [5.74, 6) is 0.946. The van der Waals surface area contributed by atoms with E-state index in [1.54, 1.807) is 0 Å². The molecule has 0 N–H and O–H groups in total. The van der Waals surface area contributed by atoms with Crippen molar-refractivity contribution in [1.82, 2.24) is 14.6 Å². The van der Waals surface area contributed by atoms with E-state index in [0.717, 1.165) is 24.3 Å². The van der Waals surface area contributed by atoms with Gasteiger partial charge in [0, 0.05) is 12.6 Å². The van der Waals surface area contributed by atoms with E-state index < -0.39 is 0 Å². The monoisotopic (exact) mass is 189 g/mol. The van der Waals surface area contributed by atoms with E-state index in [4.69, 9.17) is 0 Å². The number of pyridine rings is 1. The Morgan fingerprint density at radius 3 is 2.86 bits per heavy atom. The highest BCUT2D eigenvalue weighted by Gasteiger charge is 2.05. The Kier molecular flexibility index (Phi) is 2.23. The number of fused-ring (bicyclic) bond motifs is 1. The van der Waals surface area contributed by atoms with Gasteiger partial charge in [-0.15, -0.1) is 0 Å². The van der Waals surface area contributed by atoms with Gasteiger partial charge in [-0.1, -0.05) is 13.0 Å². The fourth-order valence-electron chi connectivity index (χ4n) is 1.69. The molecule has 2 aromatic heterocycles. The minimum atomic E-state index is 0.946. The number of nitrogens with zero attached hydrogens (tertiary/aromatic N) is 3. The summed E-state index contributed by atoms with van der Waals surface area (Å²) >= 11 is 0. The Morgan fingerprint density at radius 1 is 1.36 bits per heavy atom. The second-order valence-corrected chi connectivity index (χ2v) is 3.75. The molecule has 0 spiro atoms. The molecule has 0 saturated carbocycles. The van der Waals surface area contributed by atoms with Gasteiger partial charge in [-0.25, -0.2) is 9.50 Å². The molecule has 0 saturated heterocycles. The third-order valence-corrected chi connectivity index (χ3v) is 2.27. The topological polar surface area (TPSA) is 30.2 Å². The zero-order chi connectivity index (χ0) is 10.1. The molecule has 2 rings (SSSR count). The molecule has 0 aliphatic rings. The second-order valence-electron chi connectivity index (χ2n) is 3.75. The molecule has 0 aliphatic carbocycles. The summed E-state index contributed by atoms with van der Waals surface area (Å²) in [5.41, 5.74) is 3.40. The van der Waals surface area contributed by atoms with Crippen molar-refractivity contribution in [3.8, 4) is 0 Å². The molecule has 2 heterocycles. The van der Waals surface area contributed by atoms with E-state index in [2.05, 4.69) is 36.9 Å². The predicted molar refractivity (Wildman–Crippen MR) is 56.5 cm³/mol. The maximum Gasteiger partial charge on any atom is 0.158 e. The van der Waals surface area contributed by atoms with Crippen LogP contribution in [0.2, 0.25) is 0 Å². The molecule has 3 heteroatoms. The number of aromatic nitrogens is 3. The van der Waals surface area contributed by atoms with E-state index >= 15 is 0 Å². The molecule has 3 nitrogen and oxygen atoms in total. The van der Waals surface area contributed by atoms with Crippen LogP contribution >= 0.6 is 0 Å². The zero-order valence-corrected chi connectivity index (χ0v) is 8.91. The summed E-state index contributed by atoms with van der Waals surface area (Å²) in [7, 11) is 0. The molecule has 14 heavy (non-hydrogen) atoms. The molecule has 0 fully saturated rings. The first kappa shape index (κ1) is 9.19. The van der Waals surface area contributed by atoms with E-state index in [1.165, 1.54) is 11.1 Å². The number of hydrogen-bond donors (Lipinski definition) is 0. The zero-order valence-electron chi connectivity index (χ0n) is 8.91. The van der Waals surface area contributed by atoms with Gasteiger partial charge in [-0.2, -0.15) is 5.10 Å². The Labute approximate surface area is 83.8 Å². The first-order valence-electron chi connectivity index (χ1n) is 5.03. The lowest BCUT2D eigenvalue weighted by atomic mass is 10.2. The smallest absolute Gasteiger partial charge is 0.158 e. The summed E-state index contributed by atoms with van der Waals surface area (Å²) in [6.07, 6.45) is 4.07. The van der Waals surface area contributed by atoms with Gasteiger partial charge in [-0.05, 0) is 31.4 Å². The second kappa shape index (κ2) is 3.40. The Morgan fingerprint density at radius 2 is 2.14 bits per heavy atom. The molecular formula is C11H15N3. The largest absolute Gasteiger partial charge is 0.220 e. The maximum absolute atomic E-state index is 4.49. The van der Waals surface area contributed by atoms with Gasteiger partial charge < -0.3 is 0 Å². The molecular weight excluding hydrogens is 174 g/mol. The van der Waals surface area contributed by atoms with E-state index in [-0.39, 0.29) is 0 Å². The van der Waals surface area contributed by atoms with Gasteiger partial charge in [0.25, 0.3) is 0 Å². The summed E-state index contributed by atoms with van der Waals surface area (Å²) in [4.78, 5) is 4.49. The molecule has 2 aromatic rings. The summed E-state index contributed by atoms with van der Waals surface area (Å²) in [6, 6.07) is 2.14. The van der Waals surface area contributed by atoms with Gasteiger partial charge in [0.15, 0.2) is 11.5 Å². The Hall–Kier alpha value is -1.38. The Bertz CT molecular complexity index is 457. The van der Waals surface area contributed by atoms with E-state index in [1.807, 2.05) is 10.7 Å². The van der Waals surface area contributed by atoms with Crippen LogP contribution in [0.25, 0.3) is 5.65 Å². The number of hydrogen-bond acceptors (Lipinski definition) is 2. The molecule has 0 atom stereocenters. The van der Waals surface area contributed by atoms with Gasteiger partial charge >= 0.3 is 0 Å². The van der Waals surface area contributed by atoms with Crippen molar-refractivity contribution in [1.29, 1.82) is 0 Å². The van der Waals surface area contributed by atoms with Gasteiger partial charge in [-0.3, -0.25) is 0 Å². The average Bonchev–Trinajstić information content (AvgIpc) is 2.48. The lowest BCUT2D eigenvalue weighted by Crippen LogP contribution is -1.91.